The number of carbonyl (C=O) groups is 3. The normalized spacial score (nSPS) is 14.3. The summed E-state index contributed by atoms with van der Waals surface area (Å²) < 4.78 is 23.1. The maximum Gasteiger partial charge on any atom is 0.327 e. The first-order valence-corrected chi connectivity index (χ1v) is 10.5. The Morgan fingerprint density at radius 3 is 2.08 bits per heavy atom. The number of nitrogens with one attached hydrogen (secondary N) is 1. The predicted octanol–water partition coefficient (Wildman–Crippen LogP) is 2.30. The first-order valence-electron chi connectivity index (χ1n) is 6.62. The van der Waals surface area contributed by atoms with Gasteiger partial charge in [-0.05, 0) is 66.0 Å². The fourth-order valence-electron chi connectivity index (χ4n) is 1.94. The van der Waals surface area contributed by atoms with Gasteiger partial charge in [-0.25, -0.2) is 13.2 Å². The first-order chi connectivity index (χ1) is 11.8. The molecule has 2 atom stereocenters. The minimum Gasteiger partial charge on any atom is -0.481 e. The summed E-state index contributed by atoms with van der Waals surface area (Å²) in [4.78, 5) is 33.3. The highest BCUT2D eigenvalue weighted by Gasteiger charge is 2.38. The van der Waals surface area contributed by atoms with Gasteiger partial charge >= 0.3 is 17.9 Å². The molecule has 0 fully saturated rings. The standard InChI is InChI=1S/C13H12Br3NO8S/c14-13(15,16)26(24,25)7-3-1-2-6(4-7)17-10(12(22)23)8(11(20)21)5-9(18)19/h1-4,8,10,17H,5H2,(H,18,19)(H,20,21)(H,22,23). The van der Waals surface area contributed by atoms with Gasteiger partial charge < -0.3 is 20.6 Å². The number of alkyl halides is 3. The molecule has 144 valence electrons. The lowest BCUT2D eigenvalue weighted by Crippen LogP contribution is -2.42. The molecule has 13 heteroatoms. The molecule has 0 amide bonds. The summed E-state index contributed by atoms with van der Waals surface area (Å²) in [6.07, 6.45) is -0.926. The Bertz CT molecular complexity index is 821. The molecular weight excluding hydrogens is 570 g/mol. The molecule has 2 unspecified atom stereocenters. The summed E-state index contributed by atoms with van der Waals surface area (Å²) in [7, 11) is -3.96. The number of halogens is 3. The summed E-state index contributed by atoms with van der Waals surface area (Å²) in [5, 5.41) is 29.6. The molecule has 26 heavy (non-hydrogen) atoms. The Hall–Kier alpha value is -1.18. The van der Waals surface area contributed by atoms with Crippen molar-refractivity contribution in [1.29, 1.82) is 0 Å². The predicted molar refractivity (Wildman–Crippen MR) is 102 cm³/mol. The van der Waals surface area contributed by atoms with Crippen molar-refractivity contribution >= 4 is 81.2 Å². The van der Waals surface area contributed by atoms with Crippen molar-refractivity contribution in [1.82, 2.24) is 0 Å². The van der Waals surface area contributed by atoms with Gasteiger partial charge in [0.25, 0.3) is 0 Å². The fourth-order valence-corrected chi connectivity index (χ4v) is 4.43. The first kappa shape index (κ1) is 22.9. The molecule has 0 aliphatic rings. The third kappa shape index (κ3) is 5.66. The van der Waals surface area contributed by atoms with Gasteiger partial charge in [0.05, 0.1) is 17.2 Å². The molecule has 1 aromatic carbocycles. The highest BCUT2D eigenvalue weighted by molar-refractivity contribution is 9.42. The van der Waals surface area contributed by atoms with Crippen molar-refractivity contribution in [3.63, 3.8) is 0 Å². The van der Waals surface area contributed by atoms with Crippen LogP contribution < -0.4 is 5.32 Å². The monoisotopic (exact) mass is 579 g/mol. The number of carboxylic acid groups (broad SMARTS) is 3. The Morgan fingerprint density at radius 2 is 1.65 bits per heavy atom. The van der Waals surface area contributed by atoms with Crippen molar-refractivity contribution in [2.75, 3.05) is 5.32 Å². The number of hydrogen-bond acceptors (Lipinski definition) is 6. The van der Waals surface area contributed by atoms with Crippen LogP contribution >= 0.6 is 47.8 Å². The number of benzene rings is 1. The van der Waals surface area contributed by atoms with Crippen LogP contribution in [0.3, 0.4) is 0 Å². The van der Waals surface area contributed by atoms with E-state index < -0.39 is 47.6 Å². The van der Waals surface area contributed by atoms with E-state index in [0.29, 0.717) is 0 Å². The van der Waals surface area contributed by atoms with Crippen molar-refractivity contribution in [3.05, 3.63) is 24.3 Å². The average Bonchev–Trinajstić information content (AvgIpc) is 2.49. The molecule has 0 heterocycles. The number of hydrogen-bond donors (Lipinski definition) is 4. The van der Waals surface area contributed by atoms with Crippen molar-refractivity contribution in [3.8, 4) is 0 Å². The number of rotatable bonds is 8. The fraction of sp³-hybridized carbons (Fsp3) is 0.308. The van der Waals surface area contributed by atoms with E-state index in [2.05, 4.69) is 53.1 Å². The Labute approximate surface area is 173 Å². The van der Waals surface area contributed by atoms with Gasteiger partial charge in [-0.1, -0.05) is 6.07 Å². The van der Waals surface area contributed by atoms with E-state index >= 15 is 0 Å². The van der Waals surface area contributed by atoms with Gasteiger partial charge in [0.1, 0.15) is 6.04 Å². The minimum atomic E-state index is -3.96. The lowest BCUT2D eigenvalue weighted by Gasteiger charge is -2.22. The van der Waals surface area contributed by atoms with E-state index in [0.717, 1.165) is 6.07 Å². The molecule has 9 nitrogen and oxygen atoms in total. The topological polar surface area (TPSA) is 158 Å². The highest BCUT2D eigenvalue weighted by atomic mass is 80.0. The van der Waals surface area contributed by atoms with Crippen LogP contribution in [0.15, 0.2) is 29.2 Å². The summed E-state index contributed by atoms with van der Waals surface area (Å²) in [6, 6.07) is 3.21. The summed E-state index contributed by atoms with van der Waals surface area (Å²) in [5.41, 5.74) is -0.00753. The average molecular weight is 582 g/mol. The van der Waals surface area contributed by atoms with Gasteiger partial charge in [0, 0.05) is 5.69 Å². The summed E-state index contributed by atoms with van der Waals surface area (Å²) >= 11 is 8.68. The molecule has 0 radical (unpaired) electrons. The zero-order valence-corrected chi connectivity index (χ0v) is 18.2. The lowest BCUT2D eigenvalue weighted by atomic mass is 9.96. The van der Waals surface area contributed by atoms with Crippen molar-refractivity contribution in [2.24, 2.45) is 5.92 Å². The summed E-state index contributed by atoms with van der Waals surface area (Å²) in [6.45, 7) is 0. The molecule has 0 spiro atoms. The molecule has 1 rings (SSSR count). The number of anilines is 1. The van der Waals surface area contributed by atoms with Gasteiger partial charge in [0.2, 0.25) is 11.3 Å². The SMILES string of the molecule is O=C(O)CC(C(=O)O)C(Nc1cccc(S(=O)(=O)C(Br)(Br)Br)c1)C(=O)O. The van der Waals surface area contributed by atoms with Crippen molar-refractivity contribution in [2.45, 2.75) is 18.8 Å². The zero-order chi connectivity index (χ0) is 20.3. The van der Waals surface area contributed by atoms with Crippen LogP contribution in [0.4, 0.5) is 5.69 Å². The van der Waals surface area contributed by atoms with Gasteiger partial charge in [-0.3, -0.25) is 9.59 Å². The Kier molecular flexibility index (Phi) is 7.62. The minimum absolute atomic E-state index is 0.00753. The second-order valence-corrected chi connectivity index (χ2v) is 15.4. The van der Waals surface area contributed by atoms with E-state index in [4.69, 9.17) is 10.2 Å². The molecule has 0 aliphatic heterocycles. The van der Waals surface area contributed by atoms with Gasteiger partial charge in [0.15, 0.2) is 0 Å². The largest absolute Gasteiger partial charge is 0.481 e. The second kappa shape index (κ2) is 8.67. The van der Waals surface area contributed by atoms with Crippen molar-refractivity contribution < 1.29 is 38.1 Å². The zero-order valence-electron chi connectivity index (χ0n) is 12.6. The number of sulfone groups is 1. The Balaban J connectivity index is 3.26. The molecule has 0 saturated carbocycles. The Morgan fingerprint density at radius 1 is 1.08 bits per heavy atom. The quantitative estimate of drug-likeness (QED) is 0.338. The summed E-state index contributed by atoms with van der Waals surface area (Å²) in [5.74, 6) is -6.46. The lowest BCUT2D eigenvalue weighted by molar-refractivity contribution is -0.153. The third-order valence-corrected chi connectivity index (χ3v) is 8.47. The third-order valence-electron chi connectivity index (χ3n) is 3.15. The molecular formula is C13H12Br3NO8S. The van der Waals surface area contributed by atoms with Crippen LogP contribution in [0.1, 0.15) is 6.42 Å². The van der Waals surface area contributed by atoms with E-state index in [1.165, 1.54) is 18.2 Å². The molecule has 0 aromatic heterocycles. The second-order valence-electron chi connectivity index (χ2n) is 4.98. The highest BCUT2D eigenvalue weighted by Crippen LogP contribution is 2.43. The van der Waals surface area contributed by atoms with E-state index in [1.807, 2.05) is 0 Å². The van der Waals surface area contributed by atoms with E-state index in [9.17, 15) is 27.9 Å². The molecule has 0 aliphatic carbocycles. The van der Waals surface area contributed by atoms with Crippen LogP contribution in [-0.4, -0.2) is 49.2 Å². The van der Waals surface area contributed by atoms with Crippen LogP contribution in [0, 0.1) is 5.92 Å². The van der Waals surface area contributed by atoms with Gasteiger partial charge in [-0.2, -0.15) is 0 Å². The van der Waals surface area contributed by atoms with Gasteiger partial charge in [-0.15, -0.1) is 0 Å². The number of aliphatic carboxylic acids is 3. The van der Waals surface area contributed by atoms with Crippen LogP contribution in [0.5, 0.6) is 0 Å². The smallest absolute Gasteiger partial charge is 0.327 e. The maximum absolute atomic E-state index is 12.4. The van der Waals surface area contributed by atoms with E-state index in [-0.39, 0.29) is 10.6 Å². The van der Waals surface area contributed by atoms with Crippen LogP contribution in [0.2, 0.25) is 0 Å². The molecule has 0 saturated heterocycles. The number of carboxylic acids is 3. The van der Waals surface area contributed by atoms with E-state index in [1.54, 1.807) is 0 Å². The molecule has 1 aromatic rings. The van der Waals surface area contributed by atoms with Crippen LogP contribution in [0.25, 0.3) is 0 Å². The van der Waals surface area contributed by atoms with Crippen LogP contribution in [-0.2, 0) is 24.2 Å². The molecule has 0 bridgehead atoms. The maximum atomic E-state index is 12.4. The molecule has 4 N–H and O–H groups in total.